The highest BCUT2D eigenvalue weighted by molar-refractivity contribution is 6.34. The normalized spacial score (nSPS) is 19.1. The van der Waals surface area contributed by atoms with Crippen LogP contribution in [0.5, 0.6) is 0 Å². The molecular weight excluding hydrogens is 479 g/mol. The molecule has 2 heterocycles. The van der Waals surface area contributed by atoms with Crippen LogP contribution in [0.1, 0.15) is 29.2 Å². The van der Waals surface area contributed by atoms with Crippen LogP contribution in [-0.2, 0) is 11.3 Å². The fourth-order valence-electron chi connectivity index (χ4n) is 4.80. The number of rotatable bonds is 6. The minimum Gasteiger partial charge on any atom is -0.297 e. The number of carbonyl (C=O) groups excluding carboxylic acids is 1. The fourth-order valence-corrected chi connectivity index (χ4v) is 5.30. The maximum absolute atomic E-state index is 13.5. The number of hydrazone groups is 1. The van der Waals surface area contributed by atoms with E-state index in [4.69, 9.17) is 28.3 Å². The van der Waals surface area contributed by atoms with Gasteiger partial charge in [-0.15, -0.1) is 0 Å². The smallest absolute Gasteiger partial charge is 0.257 e. The number of piperazine rings is 1. The number of carbonyl (C=O) groups is 1. The van der Waals surface area contributed by atoms with E-state index in [0.717, 1.165) is 49.6 Å². The summed E-state index contributed by atoms with van der Waals surface area (Å²) in [5.41, 5.74) is 3.89. The predicted octanol–water partition coefficient (Wildman–Crippen LogP) is 5.49. The molecule has 2 aliphatic heterocycles. The number of hydrogen-bond donors (Lipinski definition) is 0. The molecule has 1 atom stereocenters. The van der Waals surface area contributed by atoms with Crippen molar-refractivity contribution >= 4 is 34.8 Å². The third kappa shape index (κ3) is 5.60. The summed E-state index contributed by atoms with van der Waals surface area (Å²) in [4.78, 5) is 18.2. The number of benzene rings is 3. The van der Waals surface area contributed by atoms with Crippen molar-refractivity contribution in [1.82, 2.24) is 14.8 Å². The van der Waals surface area contributed by atoms with E-state index < -0.39 is 0 Å². The van der Waals surface area contributed by atoms with Gasteiger partial charge in [0.05, 0.1) is 18.3 Å². The van der Waals surface area contributed by atoms with Crippen LogP contribution in [0.4, 0.5) is 0 Å². The zero-order valence-corrected chi connectivity index (χ0v) is 21.0. The van der Waals surface area contributed by atoms with E-state index >= 15 is 0 Å². The zero-order valence-electron chi connectivity index (χ0n) is 19.5. The Morgan fingerprint density at radius 3 is 2.14 bits per heavy atom. The van der Waals surface area contributed by atoms with Crippen molar-refractivity contribution in [2.24, 2.45) is 5.10 Å². The molecule has 5 rings (SSSR count). The van der Waals surface area contributed by atoms with Crippen LogP contribution in [-0.4, -0.2) is 59.2 Å². The van der Waals surface area contributed by atoms with E-state index in [-0.39, 0.29) is 11.9 Å². The van der Waals surface area contributed by atoms with Crippen molar-refractivity contribution in [2.75, 3.05) is 32.7 Å². The molecule has 0 bridgehead atoms. The topological polar surface area (TPSA) is 39.2 Å². The molecule has 180 valence electrons. The molecule has 3 aromatic rings. The van der Waals surface area contributed by atoms with Crippen molar-refractivity contribution in [3.8, 4) is 0 Å². The summed E-state index contributed by atoms with van der Waals surface area (Å²) in [5.74, 6) is -0.0199. The fraction of sp³-hybridized carbons (Fsp3) is 0.286. The Bertz CT molecular complexity index is 1210. The molecule has 0 radical (unpaired) electrons. The van der Waals surface area contributed by atoms with Crippen LogP contribution >= 0.6 is 23.2 Å². The lowest BCUT2D eigenvalue weighted by molar-refractivity contribution is -0.134. The number of hydrogen-bond acceptors (Lipinski definition) is 4. The SMILES string of the molecule is O=C(CN1CCN(Cc2ccccc2)CC1)N1N=C(c2ccccc2Cl)C[C@H]1c1ccccc1Cl. The predicted molar refractivity (Wildman–Crippen MR) is 142 cm³/mol. The Morgan fingerprint density at radius 1 is 0.800 bits per heavy atom. The molecule has 2 aliphatic rings. The highest BCUT2D eigenvalue weighted by atomic mass is 35.5. The minimum absolute atomic E-state index is 0.0199. The molecule has 0 aromatic heterocycles. The van der Waals surface area contributed by atoms with Crippen molar-refractivity contribution in [1.29, 1.82) is 0 Å². The van der Waals surface area contributed by atoms with Crippen molar-refractivity contribution < 1.29 is 4.79 Å². The molecule has 35 heavy (non-hydrogen) atoms. The summed E-state index contributed by atoms with van der Waals surface area (Å²) < 4.78 is 0. The third-order valence-corrected chi connectivity index (χ3v) is 7.36. The average molecular weight is 507 g/mol. The summed E-state index contributed by atoms with van der Waals surface area (Å²) in [6.07, 6.45) is 0.573. The first-order chi connectivity index (χ1) is 17.1. The monoisotopic (exact) mass is 506 g/mol. The van der Waals surface area contributed by atoms with E-state index in [1.54, 1.807) is 5.01 Å². The number of nitrogens with zero attached hydrogens (tertiary/aromatic N) is 4. The van der Waals surface area contributed by atoms with E-state index in [0.29, 0.717) is 23.0 Å². The molecule has 0 saturated carbocycles. The molecule has 7 heteroatoms. The largest absolute Gasteiger partial charge is 0.297 e. The van der Waals surface area contributed by atoms with E-state index in [1.165, 1.54) is 5.56 Å². The van der Waals surface area contributed by atoms with Gasteiger partial charge in [0.2, 0.25) is 0 Å². The summed E-state index contributed by atoms with van der Waals surface area (Å²) in [5, 5.41) is 7.67. The summed E-state index contributed by atoms with van der Waals surface area (Å²) in [6, 6.07) is 25.6. The molecule has 5 nitrogen and oxygen atoms in total. The van der Waals surface area contributed by atoms with Gasteiger partial charge in [-0.3, -0.25) is 14.6 Å². The van der Waals surface area contributed by atoms with Crippen LogP contribution in [0, 0.1) is 0 Å². The Labute approximate surface area is 216 Å². The molecule has 0 unspecified atom stereocenters. The zero-order chi connectivity index (χ0) is 24.2. The van der Waals surface area contributed by atoms with Crippen LogP contribution in [0.3, 0.4) is 0 Å². The van der Waals surface area contributed by atoms with Gasteiger partial charge >= 0.3 is 0 Å². The van der Waals surface area contributed by atoms with Gasteiger partial charge in [0.25, 0.3) is 5.91 Å². The van der Waals surface area contributed by atoms with Gasteiger partial charge in [-0.05, 0) is 23.3 Å². The lowest BCUT2D eigenvalue weighted by Crippen LogP contribution is -2.49. The van der Waals surface area contributed by atoms with Crippen molar-refractivity contribution in [3.05, 3.63) is 106 Å². The second-order valence-corrected chi connectivity index (χ2v) is 9.86. The second-order valence-electron chi connectivity index (χ2n) is 9.04. The van der Waals surface area contributed by atoms with Gasteiger partial charge in [-0.2, -0.15) is 5.10 Å². The Kier molecular flexibility index (Phi) is 7.49. The minimum atomic E-state index is -0.248. The Balaban J connectivity index is 1.29. The number of amides is 1. The second kappa shape index (κ2) is 10.9. The standard InChI is InChI=1S/C28H28Cl2N4O/c29-24-12-6-4-10-22(24)26-18-27(23-11-5-7-13-25(23)30)34(31-26)28(35)20-33-16-14-32(15-17-33)19-21-8-2-1-3-9-21/h1-13,27H,14-20H2/t27-/m0/s1. The highest BCUT2D eigenvalue weighted by Crippen LogP contribution is 2.37. The first-order valence-electron chi connectivity index (χ1n) is 12.0. The van der Waals surface area contributed by atoms with Gasteiger partial charge in [-0.25, -0.2) is 5.01 Å². The summed E-state index contributed by atoms with van der Waals surface area (Å²) in [6.45, 7) is 4.84. The third-order valence-electron chi connectivity index (χ3n) is 6.69. The van der Waals surface area contributed by atoms with E-state index in [9.17, 15) is 4.79 Å². The lowest BCUT2D eigenvalue weighted by Gasteiger charge is -2.35. The average Bonchev–Trinajstić information content (AvgIpc) is 3.32. The number of halogens is 2. The molecular formula is C28H28Cl2N4O. The molecule has 0 aliphatic carbocycles. The maximum Gasteiger partial charge on any atom is 0.257 e. The molecule has 1 amide bonds. The van der Waals surface area contributed by atoms with Gasteiger partial charge in [0.1, 0.15) is 0 Å². The van der Waals surface area contributed by atoms with Gasteiger partial charge in [0, 0.05) is 54.8 Å². The Hall–Kier alpha value is -2.70. The van der Waals surface area contributed by atoms with Crippen LogP contribution < -0.4 is 0 Å². The van der Waals surface area contributed by atoms with Gasteiger partial charge < -0.3 is 0 Å². The first kappa shape index (κ1) is 24.0. The molecule has 3 aromatic carbocycles. The van der Waals surface area contributed by atoms with Gasteiger partial charge in [0.15, 0.2) is 0 Å². The Morgan fingerprint density at radius 2 is 1.43 bits per heavy atom. The molecule has 1 fully saturated rings. The molecule has 1 saturated heterocycles. The summed E-state index contributed by atoms with van der Waals surface area (Å²) >= 11 is 13.0. The quantitative estimate of drug-likeness (QED) is 0.443. The lowest BCUT2D eigenvalue weighted by atomic mass is 9.98. The maximum atomic E-state index is 13.5. The van der Waals surface area contributed by atoms with Crippen molar-refractivity contribution in [2.45, 2.75) is 19.0 Å². The van der Waals surface area contributed by atoms with Crippen LogP contribution in [0.15, 0.2) is 84.0 Å². The van der Waals surface area contributed by atoms with E-state index in [1.807, 2.05) is 54.6 Å². The highest BCUT2D eigenvalue weighted by Gasteiger charge is 2.35. The van der Waals surface area contributed by atoms with Crippen LogP contribution in [0.25, 0.3) is 0 Å². The van der Waals surface area contributed by atoms with E-state index in [2.05, 4.69) is 34.1 Å². The van der Waals surface area contributed by atoms with Crippen molar-refractivity contribution in [3.63, 3.8) is 0 Å². The molecule has 0 N–H and O–H groups in total. The molecule has 0 spiro atoms. The van der Waals surface area contributed by atoms with Crippen LogP contribution in [0.2, 0.25) is 10.0 Å². The summed E-state index contributed by atoms with van der Waals surface area (Å²) in [7, 11) is 0. The van der Waals surface area contributed by atoms with Gasteiger partial charge in [-0.1, -0.05) is 89.9 Å². The first-order valence-corrected chi connectivity index (χ1v) is 12.7.